The first-order valence-electron chi connectivity index (χ1n) is 4.91. The highest BCUT2D eigenvalue weighted by molar-refractivity contribution is 5.79. The fourth-order valence-electron chi connectivity index (χ4n) is 1.27. The Balaban J connectivity index is 4.38. The molecule has 3 heteroatoms. The molecule has 0 spiro atoms. The van der Waals surface area contributed by atoms with Crippen LogP contribution in [0.25, 0.3) is 0 Å². The monoisotopic (exact) mass is 196 g/mol. The van der Waals surface area contributed by atoms with Crippen molar-refractivity contribution in [3.05, 3.63) is 25.3 Å². The third kappa shape index (κ3) is 3.75. The number of amides is 1. The summed E-state index contributed by atoms with van der Waals surface area (Å²) >= 11 is 0. The minimum Gasteiger partial charge on any atom is -0.335 e. The van der Waals surface area contributed by atoms with Crippen LogP contribution < -0.4 is 5.73 Å². The molecule has 0 bridgehead atoms. The number of carbonyl (C=O) groups is 1. The van der Waals surface area contributed by atoms with E-state index in [0.717, 1.165) is 6.42 Å². The Morgan fingerprint density at radius 3 is 2.21 bits per heavy atom. The molecule has 80 valence electrons. The van der Waals surface area contributed by atoms with E-state index >= 15 is 0 Å². The summed E-state index contributed by atoms with van der Waals surface area (Å²) in [6.45, 7) is 10.7. The van der Waals surface area contributed by atoms with Crippen molar-refractivity contribution < 1.29 is 4.79 Å². The zero-order chi connectivity index (χ0) is 11.0. The van der Waals surface area contributed by atoms with Crippen LogP contribution in [-0.4, -0.2) is 30.4 Å². The van der Waals surface area contributed by atoms with Crippen LogP contribution in [0, 0.1) is 5.92 Å². The fraction of sp³-hybridized carbons (Fsp3) is 0.545. The molecule has 0 fully saturated rings. The Morgan fingerprint density at radius 1 is 1.43 bits per heavy atom. The molecule has 0 radical (unpaired) electrons. The Morgan fingerprint density at radius 2 is 1.93 bits per heavy atom. The topological polar surface area (TPSA) is 46.3 Å². The molecule has 0 heterocycles. The highest BCUT2D eigenvalue weighted by atomic mass is 16.2. The van der Waals surface area contributed by atoms with Gasteiger partial charge in [-0.05, 0) is 6.42 Å². The van der Waals surface area contributed by atoms with Crippen LogP contribution in [0.2, 0.25) is 0 Å². The zero-order valence-electron chi connectivity index (χ0n) is 8.91. The lowest BCUT2D eigenvalue weighted by atomic mass is 10.1. The van der Waals surface area contributed by atoms with Gasteiger partial charge in [-0.3, -0.25) is 4.79 Å². The van der Waals surface area contributed by atoms with Gasteiger partial charge in [0.2, 0.25) is 5.91 Å². The predicted molar refractivity (Wildman–Crippen MR) is 59.8 cm³/mol. The minimum atomic E-state index is -0.0742. The van der Waals surface area contributed by atoms with Crippen molar-refractivity contribution in [2.45, 2.75) is 13.3 Å². The van der Waals surface area contributed by atoms with Gasteiger partial charge in [-0.2, -0.15) is 0 Å². The fourth-order valence-corrected chi connectivity index (χ4v) is 1.27. The first-order chi connectivity index (χ1) is 6.71. The van der Waals surface area contributed by atoms with Gasteiger partial charge < -0.3 is 10.6 Å². The summed E-state index contributed by atoms with van der Waals surface area (Å²) in [7, 11) is 0. The van der Waals surface area contributed by atoms with E-state index in [9.17, 15) is 4.79 Å². The van der Waals surface area contributed by atoms with E-state index in [-0.39, 0.29) is 11.8 Å². The number of rotatable bonds is 7. The van der Waals surface area contributed by atoms with Gasteiger partial charge in [0.05, 0.1) is 5.92 Å². The molecule has 0 aromatic heterocycles. The molecule has 0 saturated heterocycles. The van der Waals surface area contributed by atoms with Crippen LogP contribution in [0.4, 0.5) is 0 Å². The lowest BCUT2D eigenvalue weighted by molar-refractivity contribution is -0.134. The van der Waals surface area contributed by atoms with E-state index in [1.165, 1.54) is 0 Å². The largest absolute Gasteiger partial charge is 0.335 e. The molecule has 0 rings (SSSR count). The Bertz CT molecular complexity index is 187. The highest BCUT2D eigenvalue weighted by Crippen LogP contribution is 2.06. The molecule has 2 N–H and O–H groups in total. The van der Waals surface area contributed by atoms with Crippen LogP contribution in [0.3, 0.4) is 0 Å². The lowest BCUT2D eigenvalue weighted by Crippen LogP contribution is -2.39. The molecular weight excluding hydrogens is 176 g/mol. The molecule has 0 aromatic carbocycles. The highest BCUT2D eigenvalue weighted by Gasteiger charge is 2.19. The van der Waals surface area contributed by atoms with Gasteiger partial charge in [0.25, 0.3) is 0 Å². The summed E-state index contributed by atoms with van der Waals surface area (Å²) in [5.74, 6) is 0.0182. The number of hydrogen-bond donors (Lipinski definition) is 1. The molecule has 3 nitrogen and oxygen atoms in total. The van der Waals surface area contributed by atoms with Crippen molar-refractivity contribution in [2.75, 3.05) is 19.6 Å². The van der Waals surface area contributed by atoms with Gasteiger partial charge in [0.15, 0.2) is 0 Å². The average molecular weight is 196 g/mol. The van der Waals surface area contributed by atoms with Crippen LogP contribution in [-0.2, 0) is 4.79 Å². The Labute approximate surface area is 86.3 Å². The zero-order valence-corrected chi connectivity index (χ0v) is 8.91. The van der Waals surface area contributed by atoms with Crippen molar-refractivity contribution in [1.29, 1.82) is 0 Å². The first-order valence-corrected chi connectivity index (χ1v) is 4.91. The van der Waals surface area contributed by atoms with Gasteiger partial charge in [-0.1, -0.05) is 19.1 Å². The maximum absolute atomic E-state index is 11.8. The maximum atomic E-state index is 11.8. The van der Waals surface area contributed by atoms with Crippen molar-refractivity contribution in [1.82, 2.24) is 4.90 Å². The average Bonchev–Trinajstić information content (AvgIpc) is 2.19. The third-order valence-corrected chi connectivity index (χ3v) is 2.14. The molecule has 0 aliphatic carbocycles. The van der Waals surface area contributed by atoms with E-state index < -0.39 is 0 Å². The minimum absolute atomic E-state index is 0.0742. The maximum Gasteiger partial charge on any atom is 0.227 e. The summed E-state index contributed by atoms with van der Waals surface area (Å²) in [5.41, 5.74) is 5.52. The standard InChI is InChI=1S/C11H20N2O/c1-4-7-13(8-5-2)11(14)10(6-3)9-12/h4-5,10H,1-2,6-9,12H2,3H3. The van der Waals surface area contributed by atoms with E-state index in [1.54, 1.807) is 17.1 Å². The molecule has 0 aliphatic heterocycles. The number of nitrogens with two attached hydrogens (primary N) is 1. The Hall–Kier alpha value is -1.09. The number of carbonyl (C=O) groups excluding carboxylic acids is 1. The summed E-state index contributed by atoms with van der Waals surface area (Å²) in [6.07, 6.45) is 4.20. The number of nitrogens with zero attached hydrogens (tertiary/aromatic N) is 1. The van der Waals surface area contributed by atoms with E-state index in [2.05, 4.69) is 13.2 Å². The summed E-state index contributed by atoms with van der Waals surface area (Å²) in [5, 5.41) is 0. The summed E-state index contributed by atoms with van der Waals surface area (Å²) in [6, 6.07) is 0. The Kier molecular flexibility index (Phi) is 6.76. The van der Waals surface area contributed by atoms with Crippen LogP contribution >= 0.6 is 0 Å². The number of hydrogen-bond acceptors (Lipinski definition) is 2. The van der Waals surface area contributed by atoms with Crippen LogP contribution in [0.5, 0.6) is 0 Å². The third-order valence-electron chi connectivity index (χ3n) is 2.14. The van der Waals surface area contributed by atoms with Crippen LogP contribution in [0.15, 0.2) is 25.3 Å². The van der Waals surface area contributed by atoms with Crippen molar-refractivity contribution in [2.24, 2.45) is 11.7 Å². The smallest absolute Gasteiger partial charge is 0.227 e. The van der Waals surface area contributed by atoms with Crippen molar-refractivity contribution in [3.8, 4) is 0 Å². The summed E-state index contributed by atoms with van der Waals surface area (Å²) < 4.78 is 0. The predicted octanol–water partition coefficient (Wildman–Crippen LogP) is 1.17. The molecule has 1 amide bonds. The molecule has 14 heavy (non-hydrogen) atoms. The van der Waals surface area contributed by atoms with Crippen molar-refractivity contribution in [3.63, 3.8) is 0 Å². The van der Waals surface area contributed by atoms with E-state index in [4.69, 9.17) is 5.73 Å². The van der Waals surface area contributed by atoms with Gasteiger partial charge >= 0.3 is 0 Å². The van der Waals surface area contributed by atoms with Gasteiger partial charge in [-0.25, -0.2) is 0 Å². The second kappa shape index (κ2) is 7.33. The normalized spacial score (nSPS) is 11.9. The molecule has 0 aromatic rings. The second-order valence-electron chi connectivity index (χ2n) is 3.16. The lowest BCUT2D eigenvalue weighted by Gasteiger charge is -2.23. The molecule has 0 saturated carbocycles. The quantitative estimate of drug-likeness (QED) is 0.621. The van der Waals surface area contributed by atoms with Gasteiger partial charge in [-0.15, -0.1) is 13.2 Å². The van der Waals surface area contributed by atoms with Crippen molar-refractivity contribution >= 4 is 5.91 Å². The molecule has 1 atom stereocenters. The molecule has 0 aliphatic rings. The SMILES string of the molecule is C=CCN(CC=C)C(=O)C(CC)CN. The second-order valence-corrected chi connectivity index (χ2v) is 3.16. The summed E-state index contributed by atoms with van der Waals surface area (Å²) in [4.78, 5) is 13.5. The van der Waals surface area contributed by atoms with Gasteiger partial charge in [0.1, 0.15) is 0 Å². The first kappa shape index (κ1) is 12.9. The molecule has 1 unspecified atom stereocenters. The van der Waals surface area contributed by atoms with E-state index in [0.29, 0.717) is 19.6 Å². The van der Waals surface area contributed by atoms with Gasteiger partial charge in [0, 0.05) is 19.6 Å². The molecular formula is C11H20N2O. The van der Waals surface area contributed by atoms with E-state index in [1.807, 2.05) is 6.92 Å². The van der Waals surface area contributed by atoms with Crippen LogP contribution in [0.1, 0.15) is 13.3 Å².